The van der Waals surface area contributed by atoms with Crippen LogP contribution < -0.4 is 24.4 Å². The minimum atomic E-state index is 0.00670. The Morgan fingerprint density at radius 1 is 1.03 bits per heavy atom. The molecule has 3 heterocycles. The molecule has 174 valence electrons. The van der Waals surface area contributed by atoms with Gasteiger partial charge in [-0.05, 0) is 61.7 Å². The number of hydrogen-bond acceptors (Lipinski definition) is 6. The van der Waals surface area contributed by atoms with Gasteiger partial charge in [-0.3, -0.25) is 5.41 Å². The van der Waals surface area contributed by atoms with Gasteiger partial charge in [0.25, 0.3) is 0 Å². The van der Waals surface area contributed by atoms with E-state index < -0.39 is 0 Å². The molecule has 7 heteroatoms. The highest BCUT2D eigenvalue weighted by Crippen LogP contribution is 2.41. The molecule has 2 aliphatic rings. The molecule has 0 fully saturated rings. The standard InChI is InChI=1S/C27H27N3O4/c1-16(2)34-23-6-5-17(11-24(23)31-3)19-13-22-20-14-26-25(32-9-4-10-33-26)12-18(20)7-8-30(22)27(29)21(19)15-28/h5-6,11-14,16,29H,4,7-10H2,1-3H3. The van der Waals surface area contributed by atoms with Crippen LogP contribution in [-0.4, -0.2) is 31.0 Å². The van der Waals surface area contributed by atoms with Crippen molar-refractivity contribution in [2.24, 2.45) is 0 Å². The molecule has 0 amide bonds. The Morgan fingerprint density at radius 3 is 2.50 bits per heavy atom. The third-order valence-electron chi connectivity index (χ3n) is 6.15. The maximum atomic E-state index is 9.97. The second kappa shape index (κ2) is 8.79. The van der Waals surface area contributed by atoms with Crippen molar-refractivity contribution in [1.29, 1.82) is 10.7 Å². The van der Waals surface area contributed by atoms with Crippen LogP contribution in [0.4, 0.5) is 0 Å². The van der Waals surface area contributed by atoms with Gasteiger partial charge in [0.2, 0.25) is 0 Å². The molecule has 0 radical (unpaired) electrons. The van der Waals surface area contributed by atoms with E-state index in [1.54, 1.807) is 7.11 Å². The van der Waals surface area contributed by atoms with Gasteiger partial charge in [-0.15, -0.1) is 0 Å². The van der Waals surface area contributed by atoms with E-state index in [9.17, 15) is 5.26 Å². The zero-order valence-electron chi connectivity index (χ0n) is 19.6. The van der Waals surface area contributed by atoms with Gasteiger partial charge in [-0.25, -0.2) is 0 Å². The summed E-state index contributed by atoms with van der Waals surface area (Å²) in [5.41, 5.74) is 5.06. The molecule has 1 N–H and O–H groups in total. The van der Waals surface area contributed by atoms with Crippen molar-refractivity contribution in [3.63, 3.8) is 0 Å². The van der Waals surface area contributed by atoms with E-state index in [0.717, 1.165) is 46.7 Å². The second-order valence-electron chi connectivity index (χ2n) is 8.72. The maximum Gasteiger partial charge on any atom is 0.161 e. The van der Waals surface area contributed by atoms with Crippen LogP contribution in [0.5, 0.6) is 23.0 Å². The summed E-state index contributed by atoms with van der Waals surface area (Å²) in [6, 6.07) is 13.9. The number of nitriles is 1. The molecular weight excluding hydrogens is 430 g/mol. The highest BCUT2D eigenvalue weighted by molar-refractivity contribution is 5.79. The summed E-state index contributed by atoms with van der Waals surface area (Å²) in [6.45, 7) is 5.79. The van der Waals surface area contributed by atoms with Gasteiger partial charge in [0.15, 0.2) is 23.0 Å². The molecular formula is C27H27N3O4. The van der Waals surface area contributed by atoms with Gasteiger partial charge in [-0.1, -0.05) is 6.07 Å². The number of hydrogen-bond donors (Lipinski definition) is 1. The van der Waals surface area contributed by atoms with Crippen molar-refractivity contribution >= 4 is 0 Å². The van der Waals surface area contributed by atoms with Crippen LogP contribution >= 0.6 is 0 Å². The quantitative estimate of drug-likeness (QED) is 0.614. The molecule has 34 heavy (non-hydrogen) atoms. The molecule has 0 bridgehead atoms. The first kappa shape index (κ1) is 21.9. The van der Waals surface area contributed by atoms with E-state index in [1.807, 2.05) is 48.7 Å². The van der Waals surface area contributed by atoms with Gasteiger partial charge in [0.1, 0.15) is 17.1 Å². The molecule has 0 spiro atoms. The number of ether oxygens (including phenoxy) is 4. The van der Waals surface area contributed by atoms with Gasteiger partial charge < -0.3 is 23.5 Å². The van der Waals surface area contributed by atoms with Crippen LogP contribution in [0.1, 0.15) is 31.4 Å². The van der Waals surface area contributed by atoms with E-state index in [2.05, 4.69) is 12.1 Å². The topological polar surface area (TPSA) is 89.5 Å². The number of nitrogens with one attached hydrogen (secondary N) is 1. The number of aryl methyl sites for hydroxylation is 1. The summed E-state index contributed by atoms with van der Waals surface area (Å²) in [4.78, 5) is 0. The largest absolute Gasteiger partial charge is 0.493 e. The normalized spacial score (nSPS) is 14.0. The Morgan fingerprint density at radius 2 is 1.79 bits per heavy atom. The fraction of sp³-hybridized carbons (Fsp3) is 0.333. The molecule has 2 aliphatic heterocycles. The van der Waals surface area contributed by atoms with Crippen LogP contribution in [0.3, 0.4) is 0 Å². The Bertz CT molecular complexity index is 1370. The van der Waals surface area contributed by atoms with Gasteiger partial charge in [0, 0.05) is 24.1 Å². The fourth-order valence-electron chi connectivity index (χ4n) is 4.58. The van der Waals surface area contributed by atoms with Crippen LogP contribution in [0.15, 0.2) is 36.4 Å². The number of methoxy groups -OCH3 is 1. The monoisotopic (exact) mass is 457 g/mol. The predicted octanol–water partition coefficient (Wildman–Crippen LogP) is 4.69. The molecule has 0 unspecified atom stereocenters. The molecule has 0 atom stereocenters. The third-order valence-corrected chi connectivity index (χ3v) is 6.15. The number of aromatic nitrogens is 1. The van der Waals surface area contributed by atoms with E-state index in [-0.39, 0.29) is 11.6 Å². The van der Waals surface area contributed by atoms with Gasteiger partial charge >= 0.3 is 0 Å². The SMILES string of the molecule is COc1cc(-c2cc3n(c(=N)c2C#N)CCc2cc4c(cc2-3)OCCCO4)ccc1OC(C)C. The smallest absolute Gasteiger partial charge is 0.161 e. The van der Waals surface area contributed by atoms with Crippen LogP contribution in [0.25, 0.3) is 22.4 Å². The van der Waals surface area contributed by atoms with Crippen molar-refractivity contribution in [3.8, 4) is 51.5 Å². The lowest BCUT2D eigenvalue weighted by Gasteiger charge is -2.25. The average Bonchev–Trinajstić information content (AvgIpc) is 3.07. The molecule has 3 aromatic rings. The molecule has 5 rings (SSSR count). The molecule has 2 aromatic carbocycles. The van der Waals surface area contributed by atoms with Crippen molar-refractivity contribution in [2.45, 2.75) is 39.3 Å². The number of nitrogens with zero attached hydrogens (tertiary/aromatic N) is 2. The van der Waals surface area contributed by atoms with E-state index in [1.165, 1.54) is 0 Å². The lowest BCUT2D eigenvalue weighted by molar-refractivity contribution is 0.230. The maximum absolute atomic E-state index is 9.97. The lowest BCUT2D eigenvalue weighted by atomic mass is 9.92. The van der Waals surface area contributed by atoms with Crippen molar-refractivity contribution in [1.82, 2.24) is 4.57 Å². The van der Waals surface area contributed by atoms with Gasteiger partial charge in [0.05, 0.1) is 32.1 Å². The molecule has 0 aliphatic carbocycles. The summed E-state index contributed by atoms with van der Waals surface area (Å²) in [6.07, 6.45) is 1.61. The zero-order valence-corrected chi connectivity index (χ0v) is 19.6. The Kier molecular flexibility index (Phi) is 5.66. The number of pyridine rings is 1. The van der Waals surface area contributed by atoms with Gasteiger partial charge in [-0.2, -0.15) is 5.26 Å². The van der Waals surface area contributed by atoms with Crippen LogP contribution in [-0.2, 0) is 13.0 Å². The predicted molar refractivity (Wildman–Crippen MR) is 128 cm³/mol. The minimum absolute atomic E-state index is 0.00670. The Hall–Kier alpha value is -3.92. The number of benzene rings is 2. The summed E-state index contributed by atoms with van der Waals surface area (Å²) in [5.74, 6) is 2.72. The Balaban J connectivity index is 1.69. The van der Waals surface area contributed by atoms with Crippen LogP contribution in [0.2, 0.25) is 0 Å². The molecule has 0 saturated heterocycles. The van der Waals surface area contributed by atoms with Crippen LogP contribution in [0, 0.1) is 16.7 Å². The highest BCUT2D eigenvalue weighted by Gasteiger charge is 2.24. The summed E-state index contributed by atoms with van der Waals surface area (Å²) >= 11 is 0. The van der Waals surface area contributed by atoms with Crippen molar-refractivity contribution in [2.75, 3.05) is 20.3 Å². The summed E-state index contributed by atoms with van der Waals surface area (Å²) < 4.78 is 25.1. The third kappa shape index (κ3) is 3.75. The fourth-order valence-corrected chi connectivity index (χ4v) is 4.58. The number of rotatable bonds is 4. The first-order chi connectivity index (χ1) is 16.5. The minimum Gasteiger partial charge on any atom is -0.493 e. The summed E-state index contributed by atoms with van der Waals surface area (Å²) in [7, 11) is 1.60. The highest BCUT2D eigenvalue weighted by atomic mass is 16.5. The second-order valence-corrected chi connectivity index (χ2v) is 8.72. The Labute approximate surface area is 198 Å². The summed E-state index contributed by atoms with van der Waals surface area (Å²) in [5, 5.41) is 18.8. The van der Waals surface area contributed by atoms with E-state index in [0.29, 0.717) is 42.4 Å². The van der Waals surface area contributed by atoms with Crippen molar-refractivity contribution in [3.05, 3.63) is 53.0 Å². The molecule has 7 nitrogen and oxygen atoms in total. The van der Waals surface area contributed by atoms with E-state index in [4.69, 9.17) is 24.4 Å². The zero-order chi connectivity index (χ0) is 23.8. The molecule has 0 saturated carbocycles. The first-order valence-electron chi connectivity index (χ1n) is 11.5. The number of fused-ring (bicyclic) bond motifs is 4. The van der Waals surface area contributed by atoms with Crippen molar-refractivity contribution < 1.29 is 18.9 Å². The lowest BCUT2D eigenvalue weighted by Crippen LogP contribution is -2.28. The molecule has 1 aromatic heterocycles. The van der Waals surface area contributed by atoms with E-state index >= 15 is 0 Å². The average molecular weight is 458 g/mol. The first-order valence-corrected chi connectivity index (χ1v) is 11.5.